The molecule has 7 heteroatoms. The van der Waals surface area contributed by atoms with Gasteiger partial charge in [-0.05, 0) is 32.7 Å². The van der Waals surface area contributed by atoms with Gasteiger partial charge in [-0.25, -0.2) is 0 Å². The van der Waals surface area contributed by atoms with Crippen LogP contribution in [0.15, 0.2) is 0 Å². The summed E-state index contributed by atoms with van der Waals surface area (Å²) in [5.74, 6) is -0.0611. The van der Waals surface area contributed by atoms with Gasteiger partial charge in [-0.3, -0.25) is 9.69 Å². The predicted molar refractivity (Wildman–Crippen MR) is 66.5 cm³/mol. The van der Waals surface area contributed by atoms with Gasteiger partial charge in [-0.15, -0.1) is 0 Å². The quantitative estimate of drug-likeness (QED) is 0.794. The van der Waals surface area contributed by atoms with Crippen molar-refractivity contribution in [1.82, 2.24) is 10.2 Å². The first kappa shape index (κ1) is 16.2. The maximum absolute atomic E-state index is 12.2. The third kappa shape index (κ3) is 7.37. The van der Waals surface area contributed by atoms with E-state index < -0.39 is 18.3 Å². The molecule has 0 aromatic rings. The molecule has 1 heterocycles. The minimum atomic E-state index is -4.15. The molecule has 1 aliphatic rings. The van der Waals surface area contributed by atoms with Gasteiger partial charge in [0.25, 0.3) is 0 Å². The summed E-state index contributed by atoms with van der Waals surface area (Å²) in [6, 6.07) is 0. The van der Waals surface area contributed by atoms with E-state index in [-0.39, 0.29) is 18.2 Å². The van der Waals surface area contributed by atoms with Gasteiger partial charge in [0.2, 0.25) is 5.91 Å². The zero-order valence-corrected chi connectivity index (χ0v) is 11.4. The smallest absolute Gasteiger partial charge is 0.356 e. The molecule has 0 aliphatic carbocycles. The number of hydrogen-bond acceptors (Lipinski definition) is 3. The van der Waals surface area contributed by atoms with Crippen LogP contribution in [0.1, 0.15) is 26.7 Å². The molecule has 0 bridgehead atoms. The van der Waals surface area contributed by atoms with E-state index >= 15 is 0 Å². The van der Waals surface area contributed by atoms with Crippen LogP contribution in [0, 0.1) is 5.92 Å². The minimum absolute atomic E-state index is 0.0900. The molecule has 0 saturated carbocycles. The maximum atomic E-state index is 12.2. The Morgan fingerprint density at radius 2 is 2.05 bits per heavy atom. The van der Waals surface area contributed by atoms with Gasteiger partial charge in [0.1, 0.15) is 0 Å². The number of halogens is 3. The molecular weight excluding hydrogens is 259 g/mol. The number of carbonyl (C=O) groups excluding carboxylic acids is 1. The second-order valence-electron chi connectivity index (χ2n) is 5.97. The molecule has 0 spiro atoms. The summed E-state index contributed by atoms with van der Waals surface area (Å²) in [4.78, 5) is 12.9. The van der Waals surface area contributed by atoms with Gasteiger partial charge in [0.05, 0.1) is 6.54 Å². The number of carbonyl (C=O) groups is 1. The topological polar surface area (TPSA) is 58.4 Å². The molecule has 1 rings (SSSR count). The fourth-order valence-electron chi connectivity index (χ4n) is 2.21. The van der Waals surface area contributed by atoms with Crippen LogP contribution in [0.5, 0.6) is 0 Å². The van der Waals surface area contributed by atoms with Crippen molar-refractivity contribution in [1.29, 1.82) is 0 Å². The summed E-state index contributed by atoms with van der Waals surface area (Å²) in [7, 11) is 0. The first-order valence-electron chi connectivity index (χ1n) is 6.40. The van der Waals surface area contributed by atoms with E-state index in [4.69, 9.17) is 5.73 Å². The first-order chi connectivity index (χ1) is 8.55. The SMILES string of the molecule is CC(C)(N)CC(=O)NCC1CCN(CC(F)(F)F)C1. The minimum Gasteiger partial charge on any atom is -0.356 e. The normalized spacial score (nSPS) is 21.7. The monoisotopic (exact) mass is 281 g/mol. The molecular formula is C12H22F3N3O. The van der Waals surface area contributed by atoms with E-state index in [1.54, 1.807) is 13.8 Å². The second-order valence-corrected chi connectivity index (χ2v) is 5.97. The molecule has 0 aromatic carbocycles. The number of rotatable bonds is 5. The Labute approximate surface area is 111 Å². The van der Waals surface area contributed by atoms with E-state index in [1.165, 1.54) is 4.90 Å². The number of likely N-dealkylation sites (tertiary alicyclic amines) is 1. The maximum Gasteiger partial charge on any atom is 0.401 e. The van der Waals surface area contributed by atoms with Gasteiger partial charge in [0, 0.05) is 25.0 Å². The molecule has 1 fully saturated rings. The number of nitrogens with one attached hydrogen (secondary N) is 1. The second kappa shape index (κ2) is 6.09. The van der Waals surface area contributed by atoms with Gasteiger partial charge in [0.15, 0.2) is 0 Å². The highest BCUT2D eigenvalue weighted by molar-refractivity contribution is 5.77. The van der Waals surface area contributed by atoms with E-state index in [1.807, 2.05) is 0 Å². The van der Waals surface area contributed by atoms with Gasteiger partial charge in [-0.1, -0.05) is 0 Å². The van der Waals surface area contributed by atoms with Crippen molar-refractivity contribution in [2.45, 2.75) is 38.4 Å². The lowest BCUT2D eigenvalue weighted by Gasteiger charge is -2.19. The van der Waals surface area contributed by atoms with Crippen LogP contribution in [0.25, 0.3) is 0 Å². The zero-order valence-electron chi connectivity index (χ0n) is 11.4. The number of nitrogens with two attached hydrogens (primary N) is 1. The lowest BCUT2D eigenvalue weighted by atomic mass is 10.0. The average molecular weight is 281 g/mol. The van der Waals surface area contributed by atoms with Crippen molar-refractivity contribution < 1.29 is 18.0 Å². The predicted octanol–water partition coefficient (Wildman–Crippen LogP) is 1.11. The van der Waals surface area contributed by atoms with Crippen LogP contribution in [-0.4, -0.2) is 48.7 Å². The largest absolute Gasteiger partial charge is 0.401 e. The standard InChI is InChI=1S/C12H22F3N3O/c1-11(2,16)5-10(19)17-6-9-3-4-18(7-9)8-12(13,14)15/h9H,3-8,16H2,1-2H3,(H,17,19). The highest BCUT2D eigenvalue weighted by Crippen LogP contribution is 2.22. The van der Waals surface area contributed by atoms with Crippen LogP contribution in [0.2, 0.25) is 0 Å². The molecule has 19 heavy (non-hydrogen) atoms. The van der Waals surface area contributed by atoms with Gasteiger partial charge in [-0.2, -0.15) is 13.2 Å². The summed E-state index contributed by atoms with van der Waals surface area (Å²) in [6.45, 7) is 3.88. The van der Waals surface area contributed by atoms with Crippen molar-refractivity contribution >= 4 is 5.91 Å². The Balaban J connectivity index is 2.24. The molecule has 0 radical (unpaired) electrons. The fourth-order valence-corrected chi connectivity index (χ4v) is 2.21. The zero-order chi connectivity index (χ0) is 14.7. The van der Waals surface area contributed by atoms with E-state index in [0.29, 0.717) is 26.1 Å². The van der Waals surface area contributed by atoms with Crippen LogP contribution < -0.4 is 11.1 Å². The highest BCUT2D eigenvalue weighted by Gasteiger charge is 2.34. The molecule has 4 nitrogen and oxygen atoms in total. The summed E-state index contributed by atoms with van der Waals surface area (Å²) < 4.78 is 36.6. The molecule has 1 saturated heterocycles. The summed E-state index contributed by atoms with van der Waals surface area (Å²) in [5.41, 5.74) is 5.15. The Morgan fingerprint density at radius 1 is 1.42 bits per heavy atom. The van der Waals surface area contributed by atoms with Crippen molar-refractivity contribution in [2.24, 2.45) is 11.7 Å². The average Bonchev–Trinajstić information content (AvgIpc) is 2.57. The van der Waals surface area contributed by atoms with Crippen LogP contribution in [0.4, 0.5) is 13.2 Å². The van der Waals surface area contributed by atoms with Gasteiger partial charge < -0.3 is 11.1 Å². The van der Waals surface area contributed by atoms with Crippen molar-refractivity contribution in [3.63, 3.8) is 0 Å². The van der Waals surface area contributed by atoms with Crippen LogP contribution in [-0.2, 0) is 4.79 Å². The van der Waals surface area contributed by atoms with Crippen LogP contribution in [0.3, 0.4) is 0 Å². The van der Waals surface area contributed by atoms with Crippen molar-refractivity contribution in [3.8, 4) is 0 Å². The van der Waals surface area contributed by atoms with Crippen LogP contribution >= 0.6 is 0 Å². The molecule has 1 amide bonds. The van der Waals surface area contributed by atoms with Crippen molar-refractivity contribution in [3.05, 3.63) is 0 Å². The Hall–Kier alpha value is -0.820. The first-order valence-corrected chi connectivity index (χ1v) is 6.40. The lowest BCUT2D eigenvalue weighted by Crippen LogP contribution is -2.40. The summed E-state index contributed by atoms with van der Waals surface area (Å²) >= 11 is 0. The molecule has 0 aromatic heterocycles. The van der Waals surface area contributed by atoms with E-state index in [9.17, 15) is 18.0 Å². The number of nitrogens with zero attached hydrogens (tertiary/aromatic N) is 1. The third-order valence-electron chi connectivity index (χ3n) is 2.98. The fraction of sp³-hybridized carbons (Fsp3) is 0.917. The number of alkyl halides is 3. The van der Waals surface area contributed by atoms with E-state index in [2.05, 4.69) is 5.32 Å². The lowest BCUT2D eigenvalue weighted by molar-refractivity contribution is -0.143. The highest BCUT2D eigenvalue weighted by atomic mass is 19.4. The molecule has 112 valence electrons. The molecule has 3 N–H and O–H groups in total. The van der Waals surface area contributed by atoms with E-state index in [0.717, 1.165) is 0 Å². The Morgan fingerprint density at radius 3 is 2.58 bits per heavy atom. The third-order valence-corrected chi connectivity index (χ3v) is 2.98. The number of hydrogen-bond donors (Lipinski definition) is 2. The molecule has 1 atom stereocenters. The molecule has 1 unspecified atom stereocenters. The van der Waals surface area contributed by atoms with Crippen molar-refractivity contribution in [2.75, 3.05) is 26.2 Å². The summed E-state index contributed by atoms with van der Waals surface area (Å²) in [5, 5.41) is 2.74. The Kier molecular flexibility index (Phi) is 5.20. The van der Waals surface area contributed by atoms with Gasteiger partial charge >= 0.3 is 6.18 Å². The number of amides is 1. The Bertz CT molecular complexity index is 312. The summed E-state index contributed by atoms with van der Waals surface area (Å²) in [6.07, 6.45) is -3.25. The molecule has 1 aliphatic heterocycles.